The third-order valence-corrected chi connectivity index (χ3v) is 5.52. The molecule has 0 aliphatic carbocycles. The molecule has 0 amide bonds. The fourth-order valence-corrected chi connectivity index (χ4v) is 3.61. The molecule has 9 heteroatoms. The second-order valence-corrected chi connectivity index (χ2v) is 7.30. The van der Waals surface area contributed by atoms with Crippen molar-refractivity contribution in [2.75, 3.05) is 13.7 Å². The Labute approximate surface area is 149 Å². The maximum Gasteiger partial charge on any atom is 0.339 e. The molecule has 0 radical (unpaired) electrons. The zero-order valence-corrected chi connectivity index (χ0v) is 14.5. The molecule has 0 heterocycles. The second-order valence-electron chi connectivity index (χ2n) is 5.16. The Morgan fingerprint density at radius 1 is 1.12 bits per heavy atom. The van der Waals surface area contributed by atoms with Gasteiger partial charge < -0.3 is 19.7 Å². The van der Waals surface area contributed by atoms with E-state index in [1.54, 1.807) is 6.07 Å². The highest BCUT2D eigenvalue weighted by Crippen LogP contribution is 2.25. The highest BCUT2D eigenvalue weighted by Gasteiger charge is 2.36. The van der Waals surface area contributed by atoms with Crippen molar-refractivity contribution in [2.45, 2.75) is 10.1 Å². The number of esters is 1. The lowest BCUT2D eigenvalue weighted by Crippen LogP contribution is -2.37. The van der Waals surface area contributed by atoms with Crippen molar-refractivity contribution in [1.82, 2.24) is 0 Å². The van der Waals surface area contributed by atoms with E-state index in [0.717, 1.165) is 19.2 Å². The van der Waals surface area contributed by atoms with Gasteiger partial charge in [0.25, 0.3) is 0 Å². The van der Waals surface area contributed by atoms with E-state index in [2.05, 4.69) is 4.74 Å². The van der Waals surface area contributed by atoms with Gasteiger partial charge in [-0.1, -0.05) is 18.2 Å². The molecule has 138 valence electrons. The monoisotopic (exact) mass is 380 g/mol. The molecule has 26 heavy (non-hydrogen) atoms. The van der Waals surface area contributed by atoms with Crippen molar-refractivity contribution in [3.8, 4) is 11.5 Å². The Balaban J connectivity index is 2.26. The summed E-state index contributed by atoms with van der Waals surface area (Å²) in [5.74, 6) is -2.87. The van der Waals surface area contributed by atoms with E-state index in [1.807, 2.05) is 0 Å². The predicted octanol–water partition coefficient (Wildman–Crippen LogP) is 1.48. The molecule has 1 atom stereocenters. The van der Waals surface area contributed by atoms with Gasteiger partial charge >= 0.3 is 11.9 Å². The van der Waals surface area contributed by atoms with E-state index in [9.17, 15) is 23.1 Å². The smallest absolute Gasteiger partial charge is 0.339 e. The normalized spacial score (nSPS) is 12.2. The summed E-state index contributed by atoms with van der Waals surface area (Å²) in [6, 6.07) is 10.7. The van der Waals surface area contributed by atoms with Crippen LogP contribution in [0.3, 0.4) is 0 Å². The largest absolute Gasteiger partial charge is 0.507 e. The number of carbonyl (C=O) groups is 2. The number of carboxylic acid groups (broad SMARTS) is 1. The molecule has 2 aromatic rings. The zero-order valence-electron chi connectivity index (χ0n) is 13.7. The molecular formula is C17H16O8S. The van der Waals surface area contributed by atoms with Crippen LogP contribution in [-0.2, 0) is 19.4 Å². The number of ether oxygens (including phenoxy) is 2. The third kappa shape index (κ3) is 4.12. The quantitative estimate of drug-likeness (QED) is 0.692. The molecule has 8 nitrogen and oxygen atoms in total. The Bertz CT molecular complexity index is 906. The predicted molar refractivity (Wildman–Crippen MR) is 90.0 cm³/mol. The lowest BCUT2D eigenvalue weighted by molar-refractivity contribution is -0.140. The van der Waals surface area contributed by atoms with E-state index in [-0.39, 0.29) is 16.2 Å². The molecule has 1 unspecified atom stereocenters. The summed E-state index contributed by atoms with van der Waals surface area (Å²) in [6.45, 7) is -0.574. The van der Waals surface area contributed by atoms with Crippen molar-refractivity contribution >= 4 is 21.8 Å². The average molecular weight is 380 g/mol. The average Bonchev–Trinajstić information content (AvgIpc) is 2.62. The van der Waals surface area contributed by atoms with Gasteiger partial charge in [-0.2, -0.15) is 0 Å². The van der Waals surface area contributed by atoms with Crippen molar-refractivity contribution in [3.63, 3.8) is 0 Å². The van der Waals surface area contributed by atoms with Gasteiger partial charge in [-0.15, -0.1) is 0 Å². The fourth-order valence-electron chi connectivity index (χ4n) is 2.14. The molecule has 0 bridgehead atoms. The zero-order chi connectivity index (χ0) is 19.3. The Morgan fingerprint density at radius 3 is 2.31 bits per heavy atom. The van der Waals surface area contributed by atoms with Gasteiger partial charge in [0.15, 0.2) is 15.1 Å². The first-order valence-electron chi connectivity index (χ1n) is 7.33. The van der Waals surface area contributed by atoms with Crippen LogP contribution in [-0.4, -0.2) is 49.5 Å². The van der Waals surface area contributed by atoms with E-state index in [1.165, 1.54) is 30.3 Å². The number of rotatable bonds is 7. The summed E-state index contributed by atoms with van der Waals surface area (Å²) in [6.07, 6.45) is 0. The number of phenols is 1. The van der Waals surface area contributed by atoms with Crippen LogP contribution in [0, 0.1) is 0 Å². The number of methoxy groups -OCH3 is 1. The topological polar surface area (TPSA) is 127 Å². The lowest BCUT2D eigenvalue weighted by Gasteiger charge is -2.16. The first-order chi connectivity index (χ1) is 12.3. The molecule has 0 aliphatic heterocycles. The second kappa shape index (κ2) is 7.87. The first kappa shape index (κ1) is 19.3. The van der Waals surface area contributed by atoms with Crippen molar-refractivity contribution in [2.24, 2.45) is 0 Å². The molecule has 0 saturated heterocycles. The Kier molecular flexibility index (Phi) is 5.83. The van der Waals surface area contributed by atoms with Gasteiger partial charge in [0.05, 0.1) is 12.0 Å². The van der Waals surface area contributed by atoms with Crippen LogP contribution >= 0.6 is 0 Å². The molecule has 0 fully saturated rings. The van der Waals surface area contributed by atoms with Crippen molar-refractivity contribution in [1.29, 1.82) is 0 Å². The SMILES string of the molecule is COC(=O)C(COc1ccc(C(=O)O)c(O)c1)S(=O)(=O)c1ccccc1. The Morgan fingerprint density at radius 2 is 1.77 bits per heavy atom. The van der Waals surface area contributed by atoms with Gasteiger partial charge in [0.2, 0.25) is 0 Å². The fraction of sp³-hybridized carbons (Fsp3) is 0.176. The van der Waals surface area contributed by atoms with Crippen molar-refractivity contribution < 1.29 is 37.7 Å². The number of carboxylic acids is 1. The van der Waals surface area contributed by atoms with Gasteiger partial charge in [-0.25, -0.2) is 13.2 Å². The van der Waals surface area contributed by atoms with Crippen LogP contribution in [0.5, 0.6) is 11.5 Å². The maximum atomic E-state index is 12.7. The number of hydrogen-bond donors (Lipinski definition) is 2. The van der Waals surface area contributed by atoms with Gasteiger partial charge in [-0.3, -0.25) is 4.79 Å². The van der Waals surface area contributed by atoms with Gasteiger partial charge in [0.1, 0.15) is 23.7 Å². The van der Waals surface area contributed by atoms with Crippen LogP contribution in [0.4, 0.5) is 0 Å². The molecule has 0 aliphatic rings. The number of sulfone groups is 1. The summed E-state index contributed by atoms with van der Waals surface area (Å²) in [4.78, 5) is 22.8. The highest BCUT2D eigenvalue weighted by molar-refractivity contribution is 7.92. The molecular weight excluding hydrogens is 364 g/mol. The molecule has 0 spiro atoms. The Hall–Kier alpha value is -3.07. The molecule has 2 aromatic carbocycles. The van der Waals surface area contributed by atoms with E-state index >= 15 is 0 Å². The van der Waals surface area contributed by atoms with E-state index < -0.39 is 39.4 Å². The summed E-state index contributed by atoms with van der Waals surface area (Å²) in [5.41, 5.74) is -0.334. The van der Waals surface area contributed by atoms with Gasteiger partial charge in [0, 0.05) is 6.07 Å². The molecule has 0 saturated carbocycles. The molecule has 2 rings (SSSR count). The van der Waals surface area contributed by atoms with Crippen LogP contribution in [0.25, 0.3) is 0 Å². The lowest BCUT2D eigenvalue weighted by atomic mass is 10.2. The standard InChI is InChI=1S/C17H16O8S/c1-24-17(21)15(26(22,23)12-5-3-2-4-6-12)10-25-11-7-8-13(16(19)20)14(18)9-11/h2-9,15,18H,10H2,1H3,(H,19,20). The third-order valence-electron chi connectivity index (χ3n) is 3.51. The summed E-state index contributed by atoms with van der Waals surface area (Å²) in [7, 11) is -3.01. The minimum absolute atomic E-state index is 0.00432. The summed E-state index contributed by atoms with van der Waals surface area (Å²) >= 11 is 0. The number of aromatic hydroxyl groups is 1. The molecule has 2 N–H and O–H groups in total. The summed E-state index contributed by atoms with van der Waals surface area (Å²) in [5, 5.41) is 16.9. The number of hydrogen-bond acceptors (Lipinski definition) is 7. The molecule has 0 aromatic heterocycles. The number of aromatic carboxylic acids is 1. The van der Waals surface area contributed by atoms with Crippen molar-refractivity contribution in [3.05, 3.63) is 54.1 Å². The van der Waals surface area contributed by atoms with Crippen LogP contribution in [0.1, 0.15) is 10.4 Å². The minimum Gasteiger partial charge on any atom is -0.507 e. The van der Waals surface area contributed by atoms with Crippen LogP contribution in [0.2, 0.25) is 0 Å². The number of benzene rings is 2. The summed E-state index contributed by atoms with van der Waals surface area (Å²) < 4.78 is 35.2. The van der Waals surface area contributed by atoms with Gasteiger partial charge in [-0.05, 0) is 24.3 Å². The minimum atomic E-state index is -4.07. The highest BCUT2D eigenvalue weighted by atomic mass is 32.2. The van der Waals surface area contributed by atoms with Crippen LogP contribution in [0.15, 0.2) is 53.4 Å². The maximum absolute atomic E-state index is 12.7. The first-order valence-corrected chi connectivity index (χ1v) is 8.88. The van der Waals surface area contributed by atoms with E-state index in [0.29, 0.717) is 0 Å². The van der Waals surface area contributed by atoms with Crippen LogP contribution < -0.4 is 4.74 Å². The number of carbonyl (C=O) groups excluding carboxylic acids is 1. The van der Waals surface area contributed by atoms with E-state index in [4.69, 9.17) is 9.84 Å².